The molecule has 4 atom stereocenters. The highest BCUT2D eigenvalue weighted by molar-refractivity contribution is 5.90. The van der Waals surface area contributed by atoms with Crippen molar-refractivity contribution in [2.45, 2.75) is 57.7 Å². The van der Waals surface area contributed by atoms with Gasteiger partial charge >= 0.3 is 0 Å². The number of ketones is 1. The normalized spacial score (nSPS) is 38.9. The smallest absolute Gasteiger partial charge is 0.193 e. The Morgan fingerprint density at radius 2 is 2.13 bits per heavy atom. The minimum absolute atomic E-state index is 0.101. The van der Waals surface area contributed by atoms with Gasteiger partial charge in [0.2, 0.25) is 0 Å². The predicted molar refractivity (Wildman–Crippen MR) is 53.5 cm³/mol. The van der Waals surface area contributed by atoms with Gasteiger partial charge in [0.05, 0.1) is 0 Å². The Hall–Kier alpha value is -0.450. The maximum absolute atomic E-state index is 11.7. The Morgan fingerprint density at radius 3 is 2.80 bits per heavy atom. The highest BCUT2D eigenvalue weighted by atomic mass is 16.7. The number of carbonyl (C=O) groups excluding carboxylic acids is 1. The molecule has 0 aromatic heterocycles. The van der Waals surface area contributed by atoms with Gasteiger partial charge in [0.1, 0.15) is 12.2 Å². The number of unbranched alkanes of at least 4 members (excludes halogenated alkanes) is 1. The van der Waals surface area contributed by atoms with Crippen molar-refractivity contribution in [1.82, 2.24) is 0 Å². The molecule has 2 aliphatic heterocycles. The van der Waals surface area contributed by atoms with Crippen molar-refractivity contribution in [2.24, 2.45) is 0 Å². The van der Waals surface area contributed by atoms with Gasteiger partial charge in [-0.1, -0.05) is 19.8 Å². The van der Waals surface area contributed by atoms with E-state index in [-0.39, 0.29) is 30.4 Å². The standard InChI is InChI=1S/C11H18O4/c1-3-5-6-7-8(12)9-10(15-9)11(14-7)13-4-2/h7,9-11H,3-6H2,1-2H3. The van der Waals surface area contributed by atoms with Gasteiger partial charge < -0.3 is 14.2 Å². The Balaban J connectivity index is 1.90. The summed E-state index contributed by atoms with van der Waals surface area (Å²) in [5.41, 5.74) is 0. The average Bonchev–Trinajstić information content (AvgIpc) is 3.01. The third kappa shape index (κ3) is 2.22. The zero-order valence-electron chi connectivity index (χ0n) is 9.27. The SMILES string of the molecule is CCCCC1OC(OCC)C2OC2C1=O. The van der Waals surface area contributed by atoms with Gasteiger partial charge in [-0.2, -0.15) is 0 Å². The largest absolute Gasteiger partial charge is 0.356 e. The number of Topliss-reactive ketones (excluding diaryl/α,β-unsaturated/α-hetero) is 1. The molecule has 4 heteroatoms. The van der Waals surface area contributed by atoms with E-state index >= 15 is 0 Å². The van der Waals surface area contributed by atoms with Crippen LogP contribution in [0.25, 0.3) is 0 Å². The lowest BCUT2D eigenvalue weighted by molar-refractivity contribution is -0.190. The first-order valence-corrected chi connectivity index (χ1v) is 5.74. The fraction of sp³-hybridized carbons (Fsp3) is 0.909. The molecule has 0 spiro atoms. The number of hydrogen-bond donors (Lipinski definition) is 0. The van der Waals surface area contributed by atoms with Gasteiger partial charge in [0.25, 0.3) is 0 Å². The summed E-state index contributed by atoms with van der Waals surface area (Å²) >= 11 is 0. The highest BCUT2D eigenvalue weighted by Crippen LogP contribution is 2.36. The Labute approximate surface area is 89.9 Å². The predicted octanol–water partition coefficient (Wildman–Crippen LogP) is 1.27. The fourth-order valence-electron chi connectivity index (χ4n) is 1.95. The van der Waals surface area contributed by atoms with Crippen LogP contribution >= 0.6 is 0 Å². The molecule has 15 heavy (non-hydrogen) atoms. The van der Waals surface area contributed by atoms with E-state index in [1.54, 1.807) is 0 Å². The Kier molecular flexibility index (Phi) is 3.38. The zero-order valence-corrected chi connectivity index (χ0v) is 9.27. The van der Waals surface area contributed by atoms with Crippen LogP contribution < -0.4 is 0 Å². The molecule has 0 aliphatic carbocycles. The van der Waals surface area contributed by atoms with E-state index in [1.807, 2.05) is 6.92 Å². The molecule has 2 aliphatic rings. The van der Waals surface area contributed by atoms with Crippen LogP contribution in [-0.4, -0.2) is 37.0 Å². The topological polar surface area (TPSA) is 48.1 Å². The van der Waals surface area contributed by atoms with E-state index in [0.29, 0.717) is 6.61 Å². The third-order valence-corrected chi connectivity index (χ3v) is 2.84. The van der Waals surface area contributed by atoms with Crippen LogP contribution in [0, 0.1) is 0 Å². The Bertz CT molecular complexity index is 241. The lowest BCUT2D eigenvalue weighted by Crippen LogP contribution is -2.43. The van der Waals surface area contributed by atoms with E-state index in [0.717, 1.165) is 19.3 Å². The van der Waals surface area contributed by atoms with E-state index < -0.39 is 0 Å². The molecule has 0 radical (unpaired) electrons. The van der Waals surface area contributed by atoms with Crippen molar-refractivity contribution < 1.29 is 19.0 Å². The van der Waals surface area contributed by atoms with Crippen LogP contribution in [0.4, 0.5) is 0 Å². The van der Waals surface area contributed by atoms with Crippen molar-refractivity contribution >= 4 is 5.78 Å². The van der Waals surface area contributed by atoms with Crippen molar-refractivity contribution in [3.8, 4) is 0 Å². The summed E-state index contributed by atoms with van der Waals surface area (Å²) < 4.78 is 16.3. The van der Waals surface area contributed by atoms with E-state index in [2.05, 4.69) is 6.92 Å². The maximum atomic E-state index is 11.7. The van der Waals surface area contributed by atoms with Crippen molar-refractivity contribution in [1.29, 1.82) is 0 Å². The molecule has 4 unspecified atom stereocenters. The van der Waals surface area contributed by atoms with Crippen LogP contribution in [-0.2, 0) is 19.0 Å². The number of carbonyl (C=O) groups is 1. The van der Waals surface area contributed by atoms with Crippen LogP contribution in [0.1, 0.15) is 33.1 Å². The fourth-order valence-corrected chi connectivity index (χ4v) is 1.95. The molecule has 86 valence electrons. The first kappa shape index (κ1) is 11.0. The number of epoxide rings is 1. The molecule has 0 bridgehead atoms. The second-order valence-electron chi connectivity index (χ2n) is 4.01. The molecule has 0 aromatic rings. The summed E-state index contributed by atoms with van der Waals surface area (Å²) in [5, 5.41) is 0. The number of fused-ring (bicyclic) bond motifs is 1. The van der Waals surface area contributed by atoms with Gasteiger partial charge in [-0.25, -0.2) is 0 Å². The molecular formula is C11H18O4. The number of rotatable bonds is 5. The monoisotopic (exact) mass is 214 g/mol. The molecule has 2 fully saturated rings. The first-order chi connectivity index (χ1) is 7.27. The van der Waals surface area contributed by atoms with Gasteiger partial charge in [-0.3, -0.25) is 4.79 Å². The molecule has 4 nitrogen and oxygen atoms in total. The number of hydrogen-bond acceptors (Lipinski definition) is 4. The van der Waals surface area contributed by atoms with Gasteiger partial charge in [0, 0.05) is 6.61 Å². The molecule has 2 heterocycles. The van der Waals surface area contributed by atoms with Crippen LogP contribution in [0.15, 0.2) is 0 Å². The summed E-state index contributed by atoms with van der Waals surface area (Å²) in [6.45, 7) is 4.61. The van der Waals surface area contributed by atoms with Crippen molar-refractivity contribution in [3.63, 3.8) is 0 Å². The maximum Gasteiger partial charge on any atom is 0.193 e. The van der Waals surface area contributed by atoms with Crippen LogP contribution in [0.3, 0.4) is 0 Å². The quantitative estimate of drug-likeness (QED) is 0.647. The minimum Gasteiger partial charge on any atom is -0.356 e. The molecule has 2 saturated heterocycles. The van der Waals surface area contributed by atoms with E-state index in [4.69, 9.17) is 14.2 Å². The molecule has 0 saturated carbocycles. The third-order valence-electron chi connectivity index (χ3n) is 2.84. The van der Waals surface area contributed by atoms with Crippen LogP contribution in [0.5, 0.6) is 0 Å². The lowest BCUT2D eigenvalue weighted by Gasteiger charge is -2.25. The summed E-state index contributed by atoms with van der Waals surface area (Å²) in [5.74, 6) is 0.101. The van der Waals surface area contributed by atoms with Crippen LogP contribution in [0.2, 0.25) is 0 Å². The second kappa shape index (κ2) is 4.60. The minimum atomic E-state index is -0.334. The summed E-state index contributed by atoms with van der Waals surface area (Å²) in [4.78, 5) is 11.7. The van der Waals surface area contributed by atoms with E-state index in [9.17, 15) is 4.79 Å². The average molecular weight is 214 g/mol. The first-order valence-electron chi connectivity index (χ1n) is 5.74. The lowest BCUT2D eigenvalue weighted by atomic mass is 10.0. The van der Waals surface area contributed by atoms with E-state index in [1.165, 1.54) is 0 Å². The van der Waals surface area contributed by atoms with Gasteiger partial charge in [0.15, 0.2) is 18.2 Å². The molecule has 0 amide bonds. The second-order valence-corrected chi connectivity index (χ2v) is 4.01. The number of ether oxygens (including phenoxy) is 3. The van der Waals surface area contributed by atoms with Crippen molar-refractivity contribution in [3.05, 3.63) is 0 Å². The molecule has 2 rings (SSSR count). The molecule has 0 aromatic carbocycles. The van der Waals surface area contributed by atoms with Crippen molar-refractivity contribution in [2.75, 3.05) is 6.61 Å². The molecular weight excluding hydrogens is 196 g/mol. The van der Waals surface area contributed by atoms with Gasteiger partial charge in [-0.05, 0) is 13.3 Å². The Morgan fingerprint density at radius 1 is 1.33 bits per heavy atom. The van der Waals surface area contributed by atoms with Gasteiger partial charge in [-0.15, -0.1) is 0 Å². The summed E-state index contributed by atoms with van der Waals surface area (Å²) in [6, 6.07) is 0. The zero-order chi connectivity index (χ0) is 10.8. The highest BCUT2D eigenvalue weighted by Gasteiger charge is 2.57. The molecule has 0 N–H and O–H groups in total. The summed E-state index contributed by atoms with van der Waals surface area (Å²) in [7, 11) is 0. The summed E-state index contributed by atoms with van der Waals surface area (Å²) in [6.07, 6.45) is 1.82.